The predicted octanol–water partition coefficient (Wildman–Crippen LogP) is 3.95. The van der Waals surface area contributed by atoms with E-state index < -0.39 is 6.10 Å². The van der Waals surface area contributed by atoms with E-state index in [1.807, 2.05) is 30.5 Å². The summed E-state index contributed by atoms with van der Waals surface area (Å²) in [6.07, 6.45) is 1.35. The molecule has 0 spiro atoms. The molecule has 0 aliphatic heterocycles. The predicted molar refractivity (Wildman–Crippen MR) is 83.3 cm³/mol. The molecule has 0 aromatic heterocycles. The fraction of sp³-hybridized carbons (Fsp3) is 0.188. The van der Waals surface area contributed by atoms with Crippen LogP contribution in [0.25, 0.3) is 0 Å². The van der Waals surface area contributed by atoms with Crippen molar-refractivity contribution in [3.63, 3.8) is 0 Å². The Hall–Kier alpha value is -2.01. The number of thioether (sulfide) groups is 1. The second-order valence-corrected chi connectivity index (χ2v) is 5.31. The van der Waals surface area contributed by atoms with Crippen molar-refractivity contribution in [2.24, 2.45) is 0 Å². The molecule has 1 atom stereocenters. The van der Waals surface area contributed by atoms with Crippen LogP contribution in [0.4, 0.5) is 10.1 Å². The molecule has 2 aromatic carbocycles. The molecule has 1 N–H and O–H groups in total. The lowest BCUT2D eigenvalue weighted by Crippen LogP contribution is -2.30. The van der Waals surface area contributed by atoms with Crippen molar-refractivity contribution in [3.05, 3.63) is 54.3 Å². The molecular weight excluding hydrogens is 289 g/mol. The van der Waals surface area contributed by atoms with Crippen molar-refractivity contribution in [2.45, 2.75) is 17.9 Å². The lowest BCUT2D eigenvalue weighted by Gasteiger charge is -2.15. The molecule has 2 rings (SSSR count). The van der Waals surface area contributed by atoms with Gasteiger partial charge in [0, 0.05) is 10.6 Å². The Morgan fingerprint density at radius 2 is 1.76 bits per heavy atom. The normalized spacial score (nSPS) is 11.8. The molecule has 0 aliphatic rings. The SMILES string of the molecule is CSc1ccc(OC(C)C(=O)Nc2ccc(F)cc2)cc1. The summed E-state index contributed by atoms with van der Waals surface area (Å²) in [4.78, 5) is 13.1. The van der Waals surface area contributed by atoms with Gasteiger partial charge in [0.05, 0.1) is 0 Å². The van der Waals surface area contributed by atoms with Crippen molar-refractivity contribution in [2.75, 3.05) is 11.6 Å². The highest BCUT2D eigenvalue weighted by Gasteiger charge is 2.14. The van der Waals surface area contributed by atoms with Gasteiger partial charge >= 0.3 is 0 Å². The van der Waals surface area contributed by atoms with Gasteiger partial charge in [-0.25, -0.2) is 4.39 Å². The second-order valence-electron chi connectivity index (χ2n) is 4.43. The summed E-state index contributed by atoms with van der Waals surface area (Å²) >= 11 is 1.64. The number of benzene rings is 2. The first kappa shape index (κ1) is 15.4. The standard InChI is InChI=1S/C16H16FNO2S/c1-11(20-14-7-9-15(21-2)10-8-14)16(19)18-13-5-3-12(17)4-6-13/h3-11H,1-2H3,(H,18,19). The van der Waals surface area contributed by atoms with Crippen LogP contribution in [-0.4, -0.2) is 18.3 Å². The van der Waals surface area contributed by atoms with E-state index in [2.05, 4.69) is 5.32 Å². The zero-order chi connectivity index (χ0) is 15.2. The largest absolute Gasteiger partial charge is 0.481 e. The highest BCUT2D eigenvalue weighted by Crippen LogP contribution is 2.20. The van der Waals surface area contributed by atoms with E-state index in [1.54, 1.807) is 18.7 Å². The molecule has 1 amide bonds. The Balaban J connectivity index is 1.93. The molecule has 110 valence electrons. The Morgan fingerprint density at radius 1 is 1.14 bits per heavy atom. The van der Waals surface area contributed by atoms with Gasteiger partial charge in [-0.15, -0.1) is 11.8 Å². The topological polar surface area (TPSA) is 38.3 Å². The zero-order valence-corrected chi connectivity index (χ0v) is 12.6. The number of amides is 1. The van der Waals surface area contributed by atoms with Gasteiger partial charge in [0.1, 0.15) is 11.6 Å². The Morgan fingerprint density at radius 3 is 2.33 bits per heavy atom. The molecule has 3 nitrogen and oxygen atoms in total. The summed E-state index contributed by atoms with van der Waals surface area (Å²) < 4.78 is 18.4. The van der Waals surface area contributed by atoms with Crippen molar-refractivity contribution in [1.29, 1.82) is 0 Å². The van der Waals surface area contributed by atoms with E-state index in [4.69, 9.17) is 4.74 Å². The van der Waals surface area contributed by atoms with E-state index in [9.17, 15) is 9.18 Å². The van der Waals surface area contributed by atoms with E-state index >= 15 is 0 Å². The van der Waals surface area contributed by atoms with Gasteiger partial charge in [0.2, 0.25) is 0 Å². The first-order chi connectivity index (χ1) is 10.1. The molecule has 0 radical (unpaired) electrons. The van der Waals surface area contributed by atoms with Crippen LogP contribution in [0, 0.1) is 5.82 Å². The molecule has 0 heterocycles. The summed E-state index contributed by atoms with van der Waals surface area (Å²) in [6.45, 7) is 1.67. The van der Waals surface area contributed by atoms with Crippen molar-refractivity contribution in [1.82, 2.24) is 0 Å². The number of carbonyl (C=O) groups excluding carboxylic acids is 1. The maximum atomic E-state index is 12.8. The van der Waals surface area contributed by atoms with E-state index in [-0.39, 0.29) is 11.7 Å². The maximum absolute atomic E-state index is 12.8. The Labute approximate surface area is 127 Å². The summed E-state index contributed by atoms with van der Waals surface area (Å²) in [7, 11) is 0. The average Bonchev–Trinajstić information content (AvgIpc) is 2.50. The fourth-order valence-corrected chi connectivity index (χ4v) is 2.10. The molecule has 2 aromatic rings. The molecule has 0 saturated heterocycles. The lowest BCUT2D eigenvalue weighted by molar-refractivity contribution is -0.122. The van der Waals surface area contributed by atoms with Gasteiger partial charge in [-0.3, -0.25) is 4.79 Å². The van der Waals surface area contributed by atoms with Gasteiger partial charge in [0.15, 0.2) is 6.10 Å². The third-order valence-corrected chi connectivity index (χ3v) is 3.60. The molecule has 0 saturated carbocycles. The van der Waals surface area contributed by atoms with Gasteiger partial charge in [-0.2, -0.15) is 0 Å². The van der Waals surface area contributed by atoms with Crippen LogP contribution in [0.2, 0.25) is 0 Å². The number of anilines is 1. The van der Waals surface area contributed by atoms with Crippen LogP contribution >= 0.6 is 11.8 Å². The van der Waals surface area contributed by atoms with Gasteiger partial charge < -0.3 is 10.1 Å². The molecule has 0 fully saturated rings. The van der Waals surface area contributed by atoms with E-state index in [0.717, 1.165) is 4.90 Å². The number of carbonyl (C=O) groups is 1. The Bertz CT molecular complexity index is 599. The minimum atomic E-state index is -0.643. The summed E-state index contributed by atoms with van der Waals surface area (Å²) in [6, 6.07) is 13.1. The summed E-state index contributed by atoms with van der Waals surface area (Å²) in [5, 5.41) is 2.68. The average molecular weight is 305 g/mol. The van der Waals surface area contributed by atoms with Crippen molar-refractivity contribution < 1.29 is 13.9 Å². The number of halogens is 1. The first-order valence-electron chi connectivity index (χ1n) is 6.45. The van der Waals surface area contributed by atoms with Crippen LogP contribution in [0.15, 0.2) is 53.4 Å². The van der Waals surface area contributed by atoms with Crippen molar-refractivity contribution >= 4 is 23.4 Å². The fourth-order valence-electron chi connectivity index (χ4n) is 1.69. The summed E-state index contributed by atoms with van der Waals surface area (Å²) in [5.41, 5.74) is 0.537. The summed E-state index contributed by atoms with van der Waals surface area (Å²) in [5.74, 6) is 0.0105. The first-order valence-corrected chi connectivity index (χ1v) is 7.68. The van der Waals surface area contributed by atoms with E-state index in [1.165, 1.54) is 24.3 Å². The molecule has 1 unspecified atom stereocenters. The number of rotatable bonds is 5. The monoisotopic (exact) mass is 305 g/mol. The minimum Gasteiger partial charge on any atom is -0.481 e. The second kappa shape index (κ2) is 7.13. The molecule has 0 aliphatic carbocycles. The molecule has 0 bridgehead atoms. The Kier molecular flexibility index (Phi) is 5.22. The van der Waals surface area contributed by atoms with Gasteiger partial charge in [-0.05, 0) is 61.7 Å². The number of hydrogen-bond acceptors (Lipinski definition) is 3. The van der Waals surface area contributed by atoms with Crippen LogP contribution in [-0.2, 0) is 4.79 Å². The highest BCUT2D eigenvalue weighted by atomic mass is 32.2. The van der Waals surface area contributed by atoms with Crippen molar-refractivity contribution in [3.8, 4) is 5.75 Å². The van der Waals surface area contributed by atoms with Crippen LogP contribution < -0.4 is 10.1 Å². The van der Waals surface area contributed by atoms with Crippen LogP contribution in [0.5, 0.6) is 5.75 Å². The molecule has 5 heteroatoms. The number of hydrogen-bond donors (Lipinski definition) is 1. The van der Waals surface area contributed by atoms with Gasteiger partial charge in [0.25, 0.3) is 5.91 Å². The number of ether oxygens (including phenoxy) is 1. The third-order valence-electron chi connectivity index (χ3n) is 2.85. The van der Waals surface area contributed by atoms with Crippen LogP contribution in [0.3, 0.4) is 0 Å². The lowest BCUT2D eigenvalue weighted by atomic mass is 10.3. The minimum absolute atomic E-state index is 0.282. The highest BCUT2D eigenvalue weighted by molar-refractivity contribution is 7.98. The maximum Gasteiger partial charge on any atom is 0.265 e. The quantitative estimate of drug-likeness (QED) is 0.850. The third kappa shape index (κ3) is 4.49. The van der Waals surface area contributed by atoms with Crippen LogP contribution in [0.1, 0.15) is 6.92 Å². The van der Waals surface area contributed by atoms with Gasteiger partial charge in [-0.1, -0.05) is 0 Å². The zero-order valence-electron chi connectivity index (χ0n) is 11.8. The molecule has 21 heavy (non-hydrogen) atoms. The number of nitrogens with one attached hydrogen (secondary N) is 1. The molecular formula is C16H16FNO2S. The van der Waals surface area contributed by atoms with E-state index in [0.29, 0.717) is 11.4 Å². The smallest absolute Gasteiger partial charge is 0.265 e.